The Hall–Kier alpha value is -1.01. The van der Waals surface area contributed by atoms with E-state index >= 15 is 0 Å². The fourth-order valence-corrected chi connectivity index (χ4v) is 1.92. The minimum atomic E-state index is -2.60. The molecule has 0 bridgehead atoms. The molecule has 1 fully saturated rings. The lowest BCUT2D eigenvalue weighted by atomic mass is 9.80. The summed E-state index contributed by atoms with van der Waals surface area (Å²) >= 11 is 0. The molecule has 1 aliphatic heterocycles. The number of aromatic nitrogens is 1. The van der Waals surface area contributed by atoms with Crippen LogP contribution in [0.5, 0.6) is 0 Å². The van der Waals surface area contributed by atoms with Gasteiger partial charge in [-0.2, -0.15) is 0 Å². The molecule has 104 valence electrons. The molecule has 0 saturated carbocycles. The van der Waals surface area contributed by atoms with Crippen LogP contribution in [0.2, 0.25) is 0 Å². The quantitative estimate of drug-likeness (QED) is 0.773. The maximum atomic E-state index is 13.0. The van der Waals surface area contributed by atoms with E-state index in [0.29, 0.717) is 5.69 Å². The van der Waals surface area contributed by atoms with E-state index in [2.05, 4.69) is 4.98 Å². The third-order valence-electron chi connectivity index (χ3n) is 3.81. The van der Waals surface area contributed by atoms with E-state index in [1.54, 1.807) is 13.0 Å². The first-order chi connectivity index (χ1) is 8.64. The van der Waals surface area contributed by atoms with Gasteiger partial charge in [0.15, 0.2) is 0 Å². The van der Waals surface area contributed by atoms with Crippen molar-refractivity contribution in [1.82, 2.24) is 4.98 Å². The first-order valence-corrected chi connectivity index (χ1v) is 6.25. The zero-order chi connectivity index (χ0) is 14.4. The summed E-state index contributed by atoms with van der Waals surface area (Å²) in [6.45, 7) is 9.27. The second-order valence-electron chi connectivity index (χ2n) is 5.82. The van der Waals surface area contributed by atoms with Gasteiger partial charge in [0.2, 0.25) is 0 Å². The minimum Gasteiger partial charge on any atom is -0.398 e. The number of halogens is 2. The number of hydrogen-bond donors (Lipinski definition) is 0. The average Bonchev–Trinajstić information content (AvgIpc) is 2.47. The van der Waals surface area contributed by atoms with Crippen LogP contribution in [-0.2, 0) is 9.31 Å². The van der Waals surface area contributed by atoms with Crippen molar-refractivity contribution in [3.63, 3.8) is 0 Å². The Bertz CT molecular complexity index is 476. The molecule has 0 unspecified atom stereocenters. The molecule has 1 aliphatic rings. The second-order valence-corrected chi connectivity index (χ2v) is 5.82. The Morgan fingerprint density at radius 1 is 1.11 bits per heavy atom. The Morgan fingerprint density at radius 3 is 2.11 bits per heavy atom. The fourth-order valence-electron chi connectivity index (χ4n) is 1.92. The van der Waals surface area contributed by atoms with Crippen molar-refractivity contribution in [2.45, 2.75) is 52.2 Å². The molecule has 0 radical (unpaired) electrons. The van der Waals surface area contributed by atoms with Crippen LogP contribution in [0.4, 0.5) is 8.78 Å². The van der Waals surface area contributed by atoms with Crippen LogP contribution < -0.4 is 5.59 Å². The molecular formula is C13H18BF2NO2. The van der Waals surface area contributed by atoms with E-state index in [9.17, 15) is 8.78 Å². The standard InChI is InChI=1S/C13H18BF2NO2/c1-8-6-7-9(11(15)16)10(17-8)14-18-12(2,3)13(4,5)19-14/h6-7,11H,1-5H3. The SMILES string of the molecule is Cc1ccc(C(F)F)c(B2OC(C)(C)C(C)(C)O2)n1. The van der Waals surface area contributed by atoms with Crippen molar-refractivity contribution in [2.75, 3.05) is 0 Å². The molecule has 6 heteroatoms. The molecule has 0 aromatic carbocycles. The molecular weight excluding hydrogens is 251 g/mol. The highest BCUT2D eigenvalue weighted by atomic mass is 19.3. The van der Waals surface area contributed by atoms with Crippen LogP contribution in [0.3, 0.4) is 0 Å². The van der Waals surface area contributed by atoms with Gasteiger partial charge in [-0.1, -0.05) is 6.07 Å². The summed E-state index contributed by atoms with van der Waals surface area (Å²) in [5.41, 5.74) is -0.433. The van der Waals surface area contributed by atoms with Crippen LogP contribution in [-0.4, -0.2) is 23.3 Å². The Balaban J connectivity index is 2.41. The van der Waals surface area contributed by atoms with Gasteiger partial charge in [-0.05, 0) is 40.7 Å². The molecule has 0 amide bonds. The third kappa shape index (κ3) is 2.51. The van der Waals surface area contributed by atoms with Crippen LogP contribution in [0, 0.1) is 6.92 Å². The first-order valence-electron chi connectivity index (χ1n) is 6.25. The number of nitrogens with zero attached hydrogens (tertiary/aromatic N) is 1. The van der Waals surface area contributed by atoms with Gasteiger partial charge < -0.3 is 9.31 Å². The summed E-state index contributed by atoms with van der Waals surface area (Å²) in [5, 5.41) is 0. The maximum absolute atomic E-state index is 13.0. The largest absolute Gasteiger partial charge is 0.515 e. The Labute approximate surface area is 112 Å². The van der Waals surface area contributed by atoms with Gasteiger partial charge in [0, 0.05) is 11.3 Å². The minimum absolute atomic E-state index is 0.135. The summed E-state index contributed by atoms with van der Waals surface area (Å²) in [4.78, 5) is 4.18. The van der Waals surface area contributed by atoms with Crippen molar-refractivity contribution in [3.05, 3.63) is 23.4 Å². The number of rotatable bonds is 2. The summed E-state index contributed by atoms with van der Waals surface area (Å²) < 4.78 is 37.6. The molecule has 0 N–H and O–H groups in total. The first kappa shape index (κ1) is 14.4. The molecule has 1 saturated heterocycles. The number of aryl methyl sites for hydroxylation is 1. The van der Waals surface area contributed by atoms with Gasteiger partial charge in [-0.25, -0.2) is 8.78 Å². The van der Waals surface area contributed by atoms with E-state index in [1.807, 2.05) is 27.7 Å². The maximum Gasteiger partial charge on any atom is 0.515 e. The van der Waals surface area contributed by atoms with Gasteiger partial charge in [-0.3, -0.25) is 4.98 Å². The van der Waals surface area contributed by atoms with Crippen molar-refractivity contribution in [2.24, 2.45) is 0 Å². The smallest absolute Gasteiger partial charge is 0.398 e. The Kier molecular flexibility index (Phi) is 3.43. The van der Waals surface area contributed by atoms with Gasteiger partial charge in [0.25, 0.3) is 6.43 Å². The van der Waals surface area contributed by atoms with Crippen LogP contribution in [0.1, 0.15) is 45.4 Å². The highest BCUT2D eigenvalue weighted by Crippen LogP contribution is 2.37. The molecule has 0 atom stereocenters. The lowest BCUT2D eigenvalue weighted by Crippen LogP contribution is -2.41. The number of pyridine rings is 1. The van der Waals surface area contributed by atoms with Gasteiger partial charge >= 0.3 is 7.12 Å². The molecule has 0 spiro atoms. The van der Waals surface area contributed by atoms with Gasteiger partial charge in [-0.15, -0.1) is 0 Å². The van der Waals surface area contributed by atoms with Crippen molar-refractivity contribution < 1.29 is 18.1 Å². The van der Waals surface area contributed by atoms with Crippen molar-refractivity contribution >= 4 is 12.7 Å². The zero-order valence-electron chi connectivity index (χ0n) is 11.8. The van der Waals surface area contributed by atoms with Crippen LogP contribution in [0.15, 0.2) is 12.1 Å². The zero-order valence-corrected chi connectivity index (χ0v) is 11.8. The normalized spacial score (nSPS) is 21.2. The highest BCUT2D eigenvalue weighted by Gasteiger charge is 2.53. The number of alkyl halides is 2. The van der Waals surface area contributed by atoms with Crippen LogP contribution in [0.25, 0.3) is 0 Å². The van der Waals surface area contributed by atoms with Crippen LogP contribution >= 0.6 is 0 Å². The van der Waals surface area contributed by atoms with E-state index in [-0.39, 0.29) is 11.2 Å². The monoisotopic (exact) mass is 269 g/mol. The predicted octanol–water partition coefficient (Wildman–Crippen LogP) is 2.63. The molecule has 19 heavy (non-hydrogen) atoms. The highest BCUT2D eigenvalue weighted by molar-refractivity contribution is 6.61. The Morgan fingerprint density at radius 2 is 1.63 bits per heavy atom. The van der Waals surface area contributed by atoms with Gasteiger partial charge in [0.05, 0.1) is 16.8 Å². The van der Waals surface area contributed by atoms with E-state index in [1.165, 1.54) is 6.07 Å². The summed E-state index contributed by atoms with van der Waals surface area (Å²) in [5.74, 6) is 0. The lowest BCUT2D eigenvalue weighted by molar-refractivity contribution is 0.00578. The lowest BCUT2D eigenvalue weighted by Gasteiger charge is -2.32. The molecule has 2 rings (SSSR count). The second kappa shape index (κ2) is 4.53. The predicted molar refractivity (Wildman–Crippen MR) is 69.6 cm³/mol. The van der Waals surface area contributed by atoms with E-state index in [0.717, 1.165) is 0 Å². The topological polar surface area (TPSA) is 31.4 Å². The van der Waals surface area contributed by atoms with Crippen molar-refractivity contribution in [1.29, 1.82) is 0 Å². The molecule has 1 aromatic rings. The molecule has 3 nitrogen and oxygen atoms in total. The summed E-state index contributed by atoms with van der Waals surface area (Å²) in [7, 11) is -0.853. The number of hydrogen-bond acceptors (Lipinski definition) is 3. The summed E-state index contributed by atoms with van der Waals surface area (Å²) in [6.07, 6.45) is -2.60. The molecule has 2 heterocycles. The average molecular weight is 269 g/mol. The van der Waals surface area contributed by atoms with E-state index in [4.69, 9.17) is 9.31 Å². The third-order valence-corrected chi connectivity index (χ3v) is 3.81. The molecule has 1 aromatic heterocycles. The van der Waals surface area contributed by atoms with Crippen molar-refractivity contribution in [3.8, 4) is 0 Å². The summed E-state index contributed by atoms with van der Waals surface area (Å²) in [6, 6.07) is 2.95. The molecule has 0 aliphatic carbocycles. The van der Waals surface area contributed by atoms with Gasteiger partial charge in [0.1, 0.15) is 0 Å². The fraction of sp³-hybridized carbons (Fsp3) is 0.615. The van der Waals surface area contributed by atoms with E-state index < -0.39 is 24.7 Å².